The van der Waals surface area contributed by atoms with Crippen molar-refractivity contribution in [3.63, 3.8) is 0 Å². The number of nitrogens with one attached hydrogen (secondary N) is 1. The molecular formula is C11H18N6S. The van der Waals surface area contributed by atoms with Gasteiger partial charge in [-0.1, -0.05) is 11.3 Å². The minimum Gasteiger partial charge on any atom is -0.374 e. The topological polar surface area (TPSA) is 81.7 Å². The van der Waals surface area contributed by atoms with Gasteiger partial charge in [-0.05, 0) is 20.3 Å². The summed E-state index contributed by atoms with van der Waals surface area (Å²) in [5.74, 6) is 1.05. The number of nitrogen functional groups attached to an aromatic ring is 1. The summed E-state index contributed by atoms with van der Waals surface area (Å²) < 4.78 is 2.15. The van der Waals surface area contributed by atoms with Crippen molar-refractivity contribution in [1.29, 1.82) is 0 Å². The van der Waals surface area contributed by atoms with Crippen LogP contribution in [0.2, 0.25) is 0 Å². The predicted octanol–water partition coefficient (Wildman–Crippen LogP) is 1.19. The first-order chi connectivity index (χ1) is 8.65. The number of aromatic nitrogens is 4. The van der Waals surface area contributed by atoms with Crippen LogP contribution in [-0.4, -0.2) is 25.8 Å². The Kier molecular flexibility index (Phi) is 4.27. The monoisotopic (exact) mass is 266 g/mol. The highest BCUT2D eigenvalue weighted by atomic mass is 32.1. The lowest BCUT2D eigenvalue weighted by atomic mass is 10.2. The summed E-state index contributed by atoms with van der Waals surface area (Å²) in [6.45, 7) is 5.87. The molecule has 2 aromatic heterocycles. The van der Waals surface area contributed by atoms with Gasteiger partial charge in [0, 0.05) is 25.0 Å². The summed E-state index contributed by atoms with van der Waals surface area (Å²) in [6.07, 6.45) is 4.89. The second kappa shape index (κ2) is 5.92. The average molecular weight is 266 g/mol. The van der Waals surface area contributed by atoms with Crippen LogP contribution in [0.25, 0.3) is 0 Å². The van der Waals surface area contributed by atoms with Crippen LogP contribution in [0.5, 0.6) is 0 Å². The second-order valence-electron chi connectivity index (χ2n) is 4.27. The van der Waals surface area contributed by atoms with Gasteiger partial charge in [-0.3, -0.25) is 0 Å². The molecule has 0 aliphatic carbocycles. The maximum absolute atomic E-state index is 5.53. The molecule has 0 aliphatic heterocycles. The van der Waals surface area contributed by atoms with E-state index in [0.717, 1.165) is 30.3 Å². The molecule has 0 radical (unpaired) electrons. The van der Waals surface area contributed by atoms with Gasteiger partial charge >= 0.3 is 0 Å². The third-order valence-corrected chi connectivity index (χ3v) is 3.56. The quantitative estimate of drug-likeness (QED) is 0.821. The van der Waals surface area contributed by atoms with Crippen LogP contribution in [0.15, 0.2) is 12.4 Å². The molecule has 2 rings (SSSR count). The van der Waals surface area contributed by atoms with Gasteiger partial charge in [0.2, 0.25) is 5.13 Å². The molecule has 0 saturated heterocycles. The minimum absolute atomic E-state index is 0.414. The lowest BCUT2D eigenvalue weighted by molar-refractivity contribution is 0.471. The van der Waals surface area contributed by atoms with Gasteiger partial charge in [0.15, 0.2) is 0 Å². The number of hydrogen-bond acceptors (Lipinski definition) is 6. The zero-order valence-corrected chi connectivity index (χ0v) is 11.4. The highest BCUT2D eigenvalue weighted by Crippen LogP contribution is 2.10. The van der Waals surface area contributed by atoms with Crippen LogP contribution >= 0.6 is 11.3 Å². The number of rotatable bonds is 6. The Labute approximate surface area is 110 Å². The van der Waals surface area contributed by atoms with E-state index in [0.29, 0.717) is 11.2 Å². The van der Waals surface area contributed by atoms with Crippen molar-refractivity contribution in [3.8, 4) is 0 Å². The number of anilines is 1. The highest BCUT2D eigenvalue weighted by Gasteiger charge is 2.06. The van der Waals surface area contributed by atoms with Crippen LogP contribution in [0, 0.1) is 6.92 Å². The van der Waals surface area contributed by atoms with E-state index in [2.05, 4.69) is 32.0 Å². The normalized spacial score (nSPS) is 12.8. The van der Waals surface area contributed by atoms with Crippen molar-refractivity contribution in [2.75, 3.05) is 5.73 Å². The molecule has 0 aromatic carbocycles. The van der Waals surface area contributed by atoms with E-state index >= 15 is 0 Å². The lowest BCUT2D eigenvalue weighted by Crippen LogP contribution is -2.26. The molecule has 0 aliphatic rings. The first-order valence-electron chi connectivity index (χ1n) is 5.94. The van der Waals surface area contributed by atoms with Crippen molar-refractivity contribution >= 4 is 16.5 Å². The Bertz CT molecular complexity index is 491. The van der Waals surface area contributed by atoms with Crippen LogP contribution in [0.3, 0.4) is 0 Å². The second-order valence-corrected chi connectivity index (χ2v) is 5.37. The van der Waals surface area contributed by atoms with Gasteiger partial charge in [-0.15, -0.1) is 10.2 Å². The Morgan fingerprint density at radius 1 is 1.50 bits per heavy atom. The maximum Gasteiger partial charge on any atom is 0.203 e. The van der Waals surface area contributed by atoms with E-state index in [1.807, 2.05) is 19.3 Å². The number of imidazole rings is 1. The Balaban J connectivity index is 1.72. The zero-order chi connectivity index (χ0) is 13.0. The lowest BCUT2D eigenvalue weighted by Gasteiger charge is -2.13. The zero-order valence-electron chi connectivity index (χ0n) is 10.6. The third-order valence-electron chi connectivity index (χ3n) is 2.81. The average Bonchev–Trinajstić information content (AvgIpc) is 2.93. The van der Waals surface area contributed by atoms with E-state index < -0.39 is 0 Å². The van der Waals surface area contributed by atoms with E-state index in [-0.39, 0.29) is 0 Å². The van der Waals surface area contributed by atoms with Crippen LogP contribution in [0.4, 0.5) is 5.13 Å². The van der Waals surface area contributed by atoms with Crippen molar-refractivity contribution in [3.05, 3.63) is 23.2 Å². The number of aryl methyl sites for hydroxylation is 2. The fraction of sp³-hybridized carbons (Fsp3) is 0.545. The van der Waals surface area contributed by atoms with E-state index in [4.69, 9.17) is 5.73 Å². The summed E-state index contributed by atoms with van der Waals surface area (Å²) >= 11 is 1.43. The first kappa shape index (κ1) is 13.0. The summed E-state index contributed by atoms with van der Waals surface area (Å²) in [7, 11) is 0. The fourth-order valence-corrected chi connectivity index (χ4v) is 2.23. The largest absolute Gasteiger partial charge is 0.374 e. The van der Waals surface area contributed by atoms with Crippen molar-refractivity contribution in [2.24, 2.45) is 0 Å². The first-order valence-corrected chi connectivity index (χ1v) is 6.76. The van der Waals surface area contributed by atoms with Gasteiger partial charge in [0.25, 0.3) is 0 Å². The van der Waals surface area contributed by atoms with Crippen molar-refractivity contribution in [2.45, 2.75) is 39.4 Å². The molecule has 0 amide bonds. The molecule has 1 atom stereocenters. The molecule has 0 bridgehead atoms. The highest BCUT2D eigenvalue weighted by molar-refractivity contribution is 7.15. The fourth-order valence-electron chi connectivity index (χ4n) is 1.67. The third kappa shape index (κ3) is 3.51. The number of nitrogens with two attached hydrogens (primary N) is 1. The van der Waals surface area contributed by atoms with Crippen LogP contribution < -0.4 is 11.1 Å². The molecule has 0 spiro atoms. The Morgan fingerprint density at radius 2 is 2.33 bits per heavy atom. The Hall–Kier alpha value is -1.47. The smallest absolute Gasteiger partial charge is 0.203 e. The molecule has 2 heterocycles. The minimum atomic E-state index is 0.414. The molecule has 0 saturated carbocycles. The molecule has 0 unspecified atom stereocenters. The molecule has 98 valence electrons. The Morgan fingerprint density at radius 3 is 2.94 bits per heavy atom. The molecular weight excluding hydrogens is 248 g/mol. The molecule has 6 nitrogen and oxygen atoms in total. The molecule has 2 aromatic rings. The number of hydrogen-bond donors (Lipinski definition) is 2. The molecule has 0 fully saturated rings. The SMILES string of the molecule is Cc1nccn1CC[C@H](C)NCc1nnc(N)s1. The molecule has 3 N–H and O–H groups in total. The van der Waals surface area contributed by atoms with E-state index in [1.54, 1.807) is 0 Å². The summed E-state index contributed by atoms with van der Waals surface area (Å²) in [5.41, 5.74) is 5.53. The van der Waals surface area contributed by atoms with Gasteiger partial charge in [-0.25, -0.2) is 4.98 Å². The van der Waals surface area contributed by atoms with E-state index in [9.17, 15) is 0 Å². The van der Waals surface area contributed by atoms with Crippen LogP contribution in [-0.2, 0) is 13.1 Å². The summed E-state index contributed by atoms with van der Waals surface area (Å²) in [4.78, 5) is 4.20. The number of nitrogens with zero attached hydrogens (tertiary/aromatic N) is 4. The summed E-state index contributed by atoms with van der Waals surface area (Å²) in [6, 6.07) is 0.414. The molecule has 7 heteroatoms. The standard InChI is InChI=1S/C11H18N6S/c1-8(3-5-17-6-4-13-9(17)2)14-7-10-15-16-11(12)18-10/h4,6,8,14H,3,5,7H2,1-2H3,(H2,12,16)/t8-/m0/s1. The van der Waals surface area contributed by atoms with Crippen LogP contribution in [0.1, 0.15) is 24.2 Å². The van der Waals surface area contributed by atoms with Crippen molar-refractivity contribution in [1.82, 2.24) is 25.1 Å². The van der Waals surface area contributed by atoms with Crippen molar-refractivity contribution < 1.29 is 0 Å². The van der Waals surface area contributed by atoms with Gasteiger partial charge in [0.05, 0.1) is 6.54 Å². The maximum atomic E-state index is 5.53. The summed E-state index contributed by atoms with van der Waals surface area (Å²) in [5, 5.41) is 12.6. The molecule has 18 heavy (non-hydrogen) atoms. The van der Waals surface area contributed by atoms with E-state index in [1.165, 1.54) is 11.3 Å². The predicted molar refractivity (Wildman–Crippen MR) is 72.2 cm³/mol. The van der Waals surface area contributed by atoms with Gasteiger partial charge < -0.3 is 15.6 Å². The van der Waals surface area contributed by atoms with Gasteiger partial charge in [-0.2, -0.15) is 0 Å². The van der Waals surface area contributed by atoms with Gasteiger partial charge in [0.1, 0.15) is 10.8 Å².